The van der Waals surface area contributed by atoms with E-state index in [0.29, 0.717) is 66.2 Å². The van der Waals surface area contributed by atoms with E-state index in [1.165, 1.54) is 12.5 Å². The van der Waals surface area contributed by atoms with Crippen LogP contribution in [0, 0.1) is 0 Å². The lowest BCUT2D eigenvalue weighted by atomic mass is 10.1. The Balaban J connectivity index is 0.000000186. The molecule has 0 unspecified atom stereocenters. The van der Waals surface area contributed by atoms with Crippen molar-refractivity contribution in [2.75, 3.05) is 12.5 Å². The molecule has 0 aliphatic carbocycles. The second-order valence-corrected chi connectivity index (χ2v) is 19.6. The minimum Gasteiger partial charge on any atom is -0.390 e. The van der Waals surface area contributed by atoms with Gasteiger partial charge in [-0.15, -0.1) is 0 Å². The molecule has 0 bridgehead atoms. The highest BCUT2D eigenvalue weighted by molar-refractivity contribution is 7.91. The molecule has 314 valence electrons. The third kappa shape index (κ3) is 9.72. The summed E-state index contributed by atoms with van der Waals surface area (Å²) in [7, 11) is -6.64. The summed E-state index contributed by atoms with van der Waals surface area (Å²) >= 11 is 26.0. The van der Waals surface area contributed by atoms with Gasteiger partial charge in [-0.1, -0.05) is 107 Å². The molecule has 0 radical (unpaired) electrons. The number of rotatable bonds is 10. The molecule has 8 aromatic rings. The normalized spacial score (nSPS) is 11.5. The van der Waals surface area contributed by atoms with Crippen LogP contribution in [0.5, 0.6) is 0 Å². The molecule has 0 fully saturated rings. The van der Waals surface area contributed by atoms with Crippen LogP contribution >= 0.6 is 46.4 Å². The van der Waals surface area contributed by atoms with E-state index in [-0.39, 0.29) is 22.1 Å². The summed E-state index contributed by atoms with van der Waals surface area (Å²) in [6.45, 7) is -0.224. The monoisotopic (exact) mass is 942 g/mol. The summed E-state index contributed by atoms with van der Waals surface area (Å²) < 4.78 is 51.0. The number of aromatic nitrogens is 4. The number of carbonyl (C=O) groups excluding carboxylic acids is 1. The first-order valence-corrected chi connectivity index (χ1v) is 23.8. The predicted molar refractivity (Wildman–Crippen MR) is 246 cm³/mol. The number of halogens is 4. The van der Waals surface area contributed by atoms with Crippen LogP contribution in [0.25, 0.3) is 56.4 Å². The van der Waals surface area contributed by atoms with Crippen LogP contribution in [0.2, 0.25) is 20.1 Å². The fraction of sp³-hybridized carbons (Fsp3) is 0.0652. The minimum atomic E-state index is -3.33. The van der Waals surface area contributed by atoms with Gasteiger partial charge in [-0.05, 0) is 95.1 Å². The zero-order valence-corrected chi connectivity index (χ0v) is 37.4. The Kier molecular flexibility index (Phi) is 13.2. The van der Waals surface area contributed by atoms with Crippen molar-refractivity contribution in [2.45, 2.75) is 16.4 Å². The lowest BCUT2D eigenvalue weighted by Crippen LogP contribution is -1.99. The molecule has 10 nitrogen and oxygen atoms in total. The molecule has 8 rings (SSSR count). The number of aliphatic hydroxyl groups is 1. The van der Waals surface area contributed by atoms with Gasteiger partial charge in [0.1, 0.15) is 17.3 Å². The molecule has 2 heterocycles. The van der Waals surface area contributed by atoms with Crippen molar-refractivity contribution in [3.63, 3.8) is 0 Å². The van der Waals surface area contributed by atoms with Gasteiger partial charge in [0, 0.05) is 36.0 Å². The standard InChI is InChI=1S/C23H18Cl2N2O3S.C23H16Cl2N2O3S/c2*1-31(29,30)18-6-4-5-15(11-18)16-9-10-22(21(25)12-16)27-13-17(14-28)26-23(27)19-7-2-3-8-20(19)24/h2-13,28H,14H2,1H3;2-14H,1H3. The quantitative estimate of drug-likeness (QED) is 0.134. The summed E-state index contributed by atoms with van der Waals surface area (Å²) in [5.41, 5.74) is 6.38. The number of aliphatic hydroxyl groups excluding tert-OH is 1. The Bertz CT molecular complexity index is 3220. The van der Waals surface area contributed by atoms with E-state index in [1.807, 2.05) is 66.7 Å². The molecule has 62 heavy (non-hydrogen) atoms. The largest absolute Gasteiger partial charge is 0.390 e. The van der Waals surface area contributed by atoms with E-state index < -0.39 is 19.7 Å². The van der Waals surface area contributed by atoms with Crippen LogP contribution in [0.15, 0.2) is 156 Å². The number of aldehydes is 1. The first-order valence-electron chi connectivity index (χ1n) is 18.5. The fourth-order valence-corrected chi connectivity index (χ4v) is 8.89. The van der Waals surface area contributed by atoms with Crippen LogP contribution < -0.4 is 0 Å². The molecule has 0 amide bonds. The highest BCUT2D eigenvalue weighted by Crippen LogP contribution is 2.36. The number of carbonyl (C=O) groups is 1. The second kappa shape index (κ2) is 18.4. The van der Waals surface area contributed by atoms with E-state index in [0.717, 1.165) is 22.3 Å². The van der Waals surface area contributed by atoms with Crippen molar-refractivity contribution in [1.29, 1.82) is 0 Å². The van der Waals surface area contributed by atoms with Crippen molar-refractivity contribution >= 4 is 72.4 Å². The van der Waals surface area contributed by atoms with Crippen molar-refractivity contribution in [3.8, 4) is 56.4 Å². The molecule has 0 aliphatic heterocycles. The van der Waals surface area contributed by atoms with E-state index in [4.69, 9.17) is 46.4 Å². The second-order valence-electron chi connectivity index (χ2n) is 14.0. The SMILES string of the molecule is CS(=O)(=O)c1cccc(-c2ccc(-n3cc(C=O)nc3-c3ccccc3Cl)c(Cl)c2)c1.CS(=O)(=O)c1cccc(-c2ccc(-n3cc(CO)nc3-c3ccccc3Cl)c(Cl)c2)c1. The van der Waals surface area contributed by atoms with Crippen molar-refractivity contribution < 1.29 is 26.7 Å². The van der Waals surface area contributed by atoms with Crippen LogP contribution in [-0.4, -0.2) is 59.8 Å². The molecule has 1 N–H and O–H groups in total. The molecule has 6 aromatic carbocycles. The maximum atomic E-state index is 11.9. The number of hydrogen-bond acceptors (Lipinski definition) is 8. The maximum absolute atomic E-state index is 11.9. The molecule has 2 aromatic heterocycles. The van der Waals surface area contributed by atoms with Gasteiger partial charge in [0.05, 0.1) is 53.6 Å². The van der Waals surface area contributed by atoms with Crippen molar-refractivity contribution in [2.24, 2.45) is 0 Å². The van der Waals surface area contributed by atoms with Crippen LogP contribution in [0.4, 0.5) is 0 Å². The third-order valence-corrected chi connectivity index (χ3v) is 13.1. The third-order valence-electron chi connectivity index (χ3n) is 9.60. The zero-order chi connectivity index (χ0) is 44.3. The van der Waals surface area contributed by atoms with Gasteiger partial charge in [0.25, 0.3) is 0 Å². The lowest BCUT2D eigenvalue weighted by Gasteiger charge is -2.12. The number of nitrogens with zero attached hydrogens (tertiary/aromatic N) is 4. The Hall–Kier alpha value is -5.57. The van der Waals surface area contributed by atoms with Gasteiger partial charge >= 0.3 is 0 Å². The highest BCUT2D eigenvalue weighted by atomic mass is 35.5. The Morgan fingerprint density at radius 1 is 0.532 bits per heavy atom. The van der Waals surface area contributed by atoms with Crippen LogP contribution in [-0.2, 0) is 26.3 Å². The Morgan fingerprint density at radius 3 is 1.39 bits per heavy atom. The summed E-state index contributed by atoms with van der Waals surface area (Å²) in [5.74, 6) is 1.05. The molecule has 16 heteroatoms. The fourth-order valence-electron chi connectivity index (χ4n) is 6.57. The van der Waals surface area contributed by atoms with Gasteiger partial charge in [-0.3, -0.25) is 13.9 Å². The van der Waals surface area contributed by atoms with Gasteiger partial charge in [0.15, 0.2) is 26.0 Å². The maximum Gasteiger partial charge on any atom is 0.175 e. The molecule has 0 saturated heterocycles. The van der Waals surface area contributed by atoms with Crippen molar-refractivity contribution in [1.82, 2.24) is 19.1 Å². The molecular weight excluding hydrogens is 910 g/mol. The number of benzene rings is 6. The summed E-state index contributed by atoms with van der Waals surface area (Å²) in [6.07, 6.45) is 6.31. The zero-order valence-electron chi connectivity index (χ0n) is 32.7. The molecule has 0 spiro atoms. The predicted octanol–water partition coefficient (Wildman–Crippen LogP) is 11.1. The highest BCUT2D eigenvalue weighted by Gasteiger charge is 2.19. The molecule has 0 saturated carbocycles. The van der Waals surface area contributed by atoms with Gasteiger partial charge in [-0.2, -0.15) is 0 Å². The van der Waals surface area contributed by atoms with Gasteiger partial charge in [0.2, 0.25) is 0 Å². The topological polar surface area (TPSA) is 141 Å². The smallest absolute Gasteiger partial charge is 0.175 e. The minimum absolute atomic E-state index is 0.224. The number of sulfone groups is 2. The van der Waals surface area contributed by atoms with E-state index in [2.05, 4.69) is 9.97 Å². The van der Waals surface area contributed by atoms with Gasteiger partial charge in [-0.25, -0.2) is 26.8 Å². The first kappa shape index (κ1) is 44.5. The average molecular weight is 945 g/mol. The lowest BCUT2D eigenvalue weighted by molar-refractivity contribution is 0.111. The van der Waals surface area contributed by atoms with Gasteiger partial charge < -0.3 is 5.11 Å². The van der Waals surface area contributed by atoms with E-state index in [1.54, 1.807) is 88.3 Å². The summed E-state index contributed by atoms with van der Waals surface area (Å²) in [6, 6.07) is 38.7. The molecular formula is C46H34Cl4N4O6S2. The van der Waals surface area contributed by atoms with E-state index >= 15 is 0 Å². The Labute approximate surface area is 378 Å². The molecule has 0 atom stereocenters. The van der Waals surface area contributed by atoms with Crippen LogP contribution in [0.1, 0.15) is 16.2 Å². The average Bonchev–Trinajstić information content (AvgIpc) is 3.88. The molecule has 0 aliphatic rings. The summed E-state index contributed by atoms with van der Waals surface area (Å²) in [5, 5.41) is 11.5. The van der Waals surface area contributed by atoms with Crippen molar-refractivity contribution in [3.05, 3.63) is 177 Å². The Morgan fingerprint density at radius 2 is 0.968 bits per heavy atom. The van der Waals surface area contributed by atoms with E-state index in [9.17, 15) is 26.7 Å². The van der Waals surface area contributed by atoms with Crippen LogP contribution in [0.3, 0.4) is 0 Å². The first-order chi connectivity index (χ1) is 29.5. The number of hydrogen-bond donors (Lipinski definition) is 1. The summed E-state index contributed by atoms with van der Waals surface area (Å²) in [4.78, 5) is 20.7. The number of imidazole rings is 2.